The Morgan fingerprint density at radius 3 is 3.00 bits per heavy atom. The summed E-state index contributed by atoms with van der Waals surface area (Å²) >= 11 is 0. The van der Waals surface area contributed by atoms with Crippen LogP contribution in [0.5, 0.6) is 5.75 Å². The lowest BCUT2D eigenvalue weighted by Crippen LogP contribution is -2.36. The molecule has 0 spiro atoms. The molecule has 0 bridgehead atoms. The van der Waals surface area contributed by atoms with Crippen molar-refractivity contribution >= 4 is 17.0 Å². The van der Waals surface area contributed by atoms with Crippen molar-refractivity contribution in [1.82, 2.24) is 10.3 Å². The SMILES string of the molecule is Cc1cc2c(c(=O)o1)C=C1CC[C@H](C(C)CNCc3ccc4ccccc4n3)C[C@@H]1O2. The number of aryl methyl sites for hydroxylation is 1. The maximum absolute atomic E-state index is 12.1. The molecule has 1 aromatic carbocycles. The molecule has 2 aliphatic rings. The van der Waals surface area contributed by atoms with Gasteiger partial charge in [-0.2, -0.15) is 0 Å². The van der Waals surface area contributed by atoms with Crippen LogP contribution in [0.25, 0.3) is 17.0 Å². The Bertz CT molecular complexity index is 1200. The molecule has 3 heterocycles. The molecule has 0 amide bonds. The van der Waals surface area contributed by atoms with Crippen molar-refractivity contribution in [3.63, 3.8) is 0 Å². The highest BCUT2D eigenvalue weighted by Crippen LogP contribution is 2.40. The van der Waals surface area contributed by atoms with Gasteiger partial charge in [0.25, 0.3) is 0 Å². The van der Waals surface area contributed by atoms with Crippen LogP contribution in [0.1, 0.15) is 43.2 Å². The summed E-state index contributed by atoms with van der Waals surface area (Å²) in [5.41, 5.74) is 3.60. The van der Waals surface area contributed by atoms with Gasteiger partial charge in [0.15, 0.2) is 0 Å². The van der Waals surface area contributed by atoms with Crippen molar-refractivity contribution in [1.29, 1.82) is 0 Å². The van der Waals surface area contributed by atoms with E-state index >= 15 is 0 Å². The van der Waals surface area contributed by atoms with Gasteiger partial charge in [-0.15, -0.1) is 0 Å². The molecular formula is C26H28N2O3. The van der Waals surface area contributed by atoms with Crippen molar-refractivity contribution in [3.05, 3.63) is 75.5 Å². The van der Waals surface area contributed by atoms with E-state index < -0.39 is 0 Å². The van der Waals surface area contributed by atoms with Crippen molar-refractivity contribution in [3.8, 4) is 5.75 Å². The topological polar surface area (TPSA) is 64.4 Å². The quantitative estimate of drug-likeness (QED) is 0.643. The minimum Gasteiger partial charge on any atom is -0.485 e. The fraction of sp³-hybridized carbons (Fsp3) is 0.385. The highest BCUT2D eigenvalue weighted by molar-refractivity contribution is 5.78. The van der Waals surface area contributed by atoms with Gasteiger partial charge < -0.3 is 14.5 Å². The molecule has 1 aliphatic heterocycles. The van der Waals surface area contributed by atoms with Gasteiger partial charge in [-0.1, -0.05) is 31.2 Å². The van der Waals surface area contributed by atoms with Gasteiger partial charge in [0.1, 0.15) is 23.2 Å². The average Bonchev–Trinajstić information content (AvgIpc) is 2.77. The number of hydrogen-bond donors (Lipinski definition) is 1. The number of fused-ring (bicyclic) bond motifs is 3. The van der Waals surface area contributed by atoms with Crippen LogP contribution >= 0.6 is 0 Å². The number of benzene rings is 1. The smallest absolute Gasteiger partial charge is 0.346 e. The van der Waals surface area contributed by atoms with Gasteiger partial charge >= 0.3 is 5.63 Å². The van der Waals surface area contributed by atoms with E-state index in [1.165, 1.54) is 11.0 Å². The zero-order chi connectivity index (χ0) is 21.4. The predicted molar refractivity (Wildman–Crippen MR) is 122 cm³/mol. The van der Waals surface area contributed by atoms with Gasteiger partial charge in [0.05, 0.1) is 11.2 Å². The van der Waals surface area contributed by atoms with E-state index in [2.05, 4.69) is 36.5 Å². The summed E-state index contributed by atoms with van der Waals surface area (Å²) in [5.74, 6) is 2.38. The Labute approximate surface area is 182 Å². The Morgan fingerprint density at radius 1 is 1.23 bits per heavy atom. The molecule has 1 N–H and O–H groups in total. The minimum absolute atomic E-state index is 0.0667. The second kappa shape index (κ2) is 8.31. The lowest BCUT2D eigenvalue weighted by atomic mass is 9.76. The van der Waals surface area contributed by atoms with Crippen LogP contribution < -0.4 is 15.7 Å². The third-order valence-electron chi connectivity index (χ3n) is 6.64. The Hall–Kier alpha value is -2.92. The first kappa shape index (κ1) is 20.0. The van der Waals surface area contributed by atoms with Crippen LogP contribution in [-0.2, 0) is 6.54 Å². The molecule has 31 heavy (non-hydrogen) atoms. The molecule has 3 atom stereocenters. The average molecular weight is 417 g/mol. The first-order valence-corrected chi connectivity index (χ1v) is 11.1. The van der Waals surface area contributed by atoms with Gasteiger partial charge in [0, 0.05) is 18.0 Å². The number of ether oxygens (including phenoxy) is 1. The van der Waals surface area contributed by atoms with E-state index in [1.54, 1.807) is 6.92 Å². The van der Waals surface area contributed by atoms with Gasteiger partial charge in [0.2, 0.25) is 0 Å². The number of hydrogen-bond acceptors (Lipinski definition) is 5. The monoisotopic (exact) mass is 416 g/mol. The van der Waals surface area contributed by atoms with E-state index in [0.717, 1.165) is 43.6 Å². The highest BCUT2D eigenvalue weighted by Gasteiger charge is 2.33. The van der Waals surface area contributed by atoms with Crippen LogP contribution in [0.4, 0.5) is 0 Å². The molecule has 1 fully saturated rings. The molecule has 2 aromatic heterocycles. The zero-order valence-electron chi connectivity index (χ0n) is 18.1. The predicted octanol–water partition coefficient (Wildman–Crippen LogP) is 4.87. The van der Waals surface area contributed by atoms with Crippen molar-refractivity contribution in [2.24, 2.45) is 11.8 Å². The Balaban J connectivity index is 1.19. The molecule has 0 saturated heterocycles. The molecule has 0 radical (unpaired) electrons. The third-order valence-corrected chi connectivity index (χ3v) is 6.64. The summed E-state index contributed by atoms with van der Waals surface area (Å²) in [6.07, 6.45) is 5.14. The van der Waals surface area contributed by atoms with Crippen LogP contribution in [0.15, 0.2) is 57.2 Å². The molecule has 5 nitrogen and oxygen atoms in total. The normalized spacial score (nSPS) is 21.0. The number of rotatable bonds is 5. The van der Waals surface area contributed by atoms with Crippen LogP contribution in [-0.4, -0.2) is 17.6 Å². The van der Waals surface area contributed by atoms with E-state index in [1.807, 2.05) is 24.3 Å². The first-order chi connectivity index (χ1) is 15.1. The van der Waals surface area contributed by atoms with E-state index in [0.29, 0.717) is 28.9 Å². The lowest BCUT2D eigenvalue weighted by Gasteiger charge is -2.37. The number of aromatic nitrogens is 1. The number of nitrogens with one attached hydrogen (secondary N) is 1. The second-order valence-electron chi connectivity index (χ2n) is 8.89. The largest absolute Gasteiger partial charge is 0.485 e. The van der Waals surface area contributed by atoms with E-state index in [9.17, 15) is 4.79 Å². The highest BCUT2D eigenvalue weighted by atomic mass is 16.5. The van der Waals surface area contributed by atoms with Crippen LogP contribution in [0.3, 0.4) is 0 Å². The third kappa shape index (κ3) is 4.15. The van der Waals surface area contributed by atoms with Crippen LogP contribution in [0.2, 0.25) is 0 Å². The standard InChI is InChI=1S/C26H28N2O3/c1-16(14-27-15-21-10-9-18-5-3-4-6-23(18)28-21)19-7-8-20-12-22-25(31-24(20)13-19)11-17(2)30-26(22)29/h3-6,9-12,16,19,24,27H,7-8,13-15H2,1-2H3/t16?,19-,24-/m0/s1. The molecule has 1 unspecified atom stereocenters. The Morgan fingerprint density at radius 2 is 2.10 bits per heavy atom. The summed E-state index contributed by atoms with van der Waals surface area (Å²) in [7, 11) is 0. The van der Waals surface area contributed by atoms with Crippen molar-refractivity contribution in [2.75, 3.05) is 6.54 Å². The fourth-order valence-corrected chi connectivity index (χ4v) is 4.82. The summed E-state index contributed by atoms with van der Waals surface area (Å²) in [6, 6.07) is 14.3. The van der Waals surface area contributed by atoms with E-state index in [-0.39, 0.29) is 11.7 Å². The maximum Gasteiger partial charge on any atom is 0.346 e. The number of pyridine rings is 1. The molecule has 1 saturated carbocycles. The first-order valence-electron chi connectivity index (χ1n) is 11.1. The summed E-state index contributed by atoms with van der Waals surface area (Å²) in [5, 5.41) is 4.77. The van der Waals surface area contributed by atoms with Crippen molar-refractivity contribution in [2.45, 2.75) is 45.8 Å². The summed E-state index contributed by atoms with van der Waals surface area (Å²) in [6.45, 7) is 5.82. The summed E-state index contributed by atoms with van der Waals surface area (Å²) in [4.78, 5) is 16.9. The molecule has 3 aromatic rings. The van der Waals surface area contributed by atoms with Crippen LogP contribution in [0, 0.1) is 18.8 Å². The molecule has 5 rings (SSSR count). The molecule has 1 aliphatic carbocycles. The van der Waals surface area contributed by atoms with Gasteiger partial charge in [-0.05, 0) is 68.3 Å². The molecule has 160 valence electrons. The fourth-order valence-electron chi connectivity index (χ4n) is 4.82. The van der Waals surface area contributed by atoms with Gasteiger partial charge in [-0.25, -0.2) is 4.79 Å². The zero-order valence-corrected chi connectivity index (χ0v) is 18.1. The second-order valence-corrected chi connectivity index (χ2v) is 8.89. The lowest BCUT2D eigenvalue weighted by molar-refractivity contribution is 0.140. The summed E-state index contributed by atoms with van der Waals surface area (Å²) < 4.78 is 11.5. The number of para-hydroxylation sites is 1. The van der Waals surface area contributed by atoms with E-state index in [4.69, 9.17) is 14.1 Å². The minimum atomic E-state index is -0.303. The molecule has 5 heteroatoms. The molecular weight excluding hydrogens is 388 g/mol. The van der Waals surface area contributed by atoms with Gasteiger partial charge in [-0.3, -0.25) is 4.98 Å². The Kier molecular flexibility index (Phi) is 5.36. The van der Waals surface area contributed by atoms with Crippen molar-refractivity contribution < 1.29 is 9.15 Å². The maximum atomic E-state index is 12.1. The number of nitrogens with zero attached hydrogens (tertiary/aromatic N) is 1.